The molecule has 2 fully saturated rings. The Morgan fingerprint density at radius 3 is 2.53 bits per heavy atom. The molecule has 1 N–H and O–H groups in total. The van der Waals surface area contributed by atoms with Gasteiger partial charge in [-0.05, 0) is 31.7 Å². The number of rotatable bonds is 1. The molecule has 0 bridgehead atoms. The Kier molecular flexibility index (Phi) is 2.47. The Hall–Kier alpha value is -1.29. The van der Waals surface area contributed by atoms with Crippen LogP contribution >= 0.6 is 0 Å². The van der Waals surface area contributed by atoms with Crippen molar-refractivity contribution in [2.24, 2.45) is 11.8 Å². The van der Waals surface area contributed by atoms with Crippen molar-refractivity contribution < 1.29 is 9.21 Å². The highest BCUT2D eigenvalue weighted by atomic mass is 16.3. The third kappa shape index (κ3) is 1.76. The number of fused-ring (bicyclic) bond motifs is 1. The molecule has 0 unspecified atom stereocenters. The molecule has 3 rings (SSSR count). The van der Waals surface area contributed by atoms with Crippen LogP contribution in [0, 0.1) is 25.7 Å². The third-order valence-corrected chi connectivity index (χ3v) is 3.95. The molecule has 4 heteroatoms. The van der Waals surface area contributed by atoms with E-state index in [4.69, 9.17) is 4.42 Å². The number of furan rings is 1. The fraction of sp³-hybridized carbons (Fsp3) is 0.615. The van der Waals surface area contributed by atoms with E-state index in [-0.39, 0.29) is 5.91 Å². The van der Waals surface area contributed by atoms with Crippen molar-refractivity contribution >= 4 is 5.91 Å². The van der Waals surface area contributed by atoms with Crippen molar-refractivity contribution in [2.75, 3.05) is 26.2 Å². The van der Waals surface area contributed by atoms with E-state index in [1.54, 1.807) is 0 Å². The lowest BCUT2D eigenvalue weighted by atomic mass is 10.0. The summed E-state index contributed by atoms with van der Waals surface area (Å²) < 4.78 is 5.43. The standard InChI is InChI=1S/C13H18N2O2/c1-8-3-12(9(2)17-8)13(16)15-6-10-4-14-5-11(10)7-15/h3,10-11,14H,4-7H2,1-2H3/t10-,11+. The fourth-order valence-electron chi connectivity index (χ4n) is 3.03. The van der Waals surface area contributed by atoms with Crippen LogP contribution in [-0.4, -0.2) is 37.0 Å². The number of likely N-dealkylation sites (tertiary alicyclic amines) is 1. The molecule has 0 aliphatic carbocycles. The largest absolute Gasteiger partial charge is 0.466 e. The summed E-state index contributed by atoms with van der Waals surface area (Å²) in [4.78, 5) is 14.3. The van der Waals surface area contributed by atoms with Crippen molar-refractivity contribution in [3.63, 3.8) is 0 Å². The molecule has 0 saturated carbocycles. The zero-order valence-corrected chi connectivity index (χ0v) is 10.3. The van der Waals surface area contributed by atoms with Crippen LogP contribution in [0.2, 0.25) is 0 Å². The molecule has 2 aliphatic rings. The molecule has 2 aliphatic heterocycles. The van der Waals surface area contributed by atoms with E-state index in [2.05, 4.69) is 5.32 Å². The molecule has 3 heterocycles. The minimum Gasteiger partial charge on any atom is -0.466 e. The fourth-order valence-corrected chi connectivity index (χ4v) is 3.03. The summed E-state index contributed by atoms with van der Waals surface area (Å²) in [6.07, 6.45) is 0. The number of aryl methyl sites for hydroxylation is 2. The summed E-state index contributed by atoms with van der Waals surface area (Å²) in [7, 11) is 0. The molecule has 1 aromatic heterocycles. The van der Waals surface area contributed by atoms with Gasteiger partial charge in [0.25, 0.3) is 5.91 Å². The molecule has 0 aromatic carbocycles. The lowest BCUT2D eigenvalue weighted by Gasteiger charge is -2.16. The van der Waals surface area contributed by atoms with Crippen molar-refractivity contribution in [2.45, 2.75) is 13.8 Å². The third-order valence-electron chi connectivity index (χ3n) is 3.95. The van der Waals surface area contributed by atoms with E-state index in [1.807, 2.05) is 24.8 Å². The average Bonchev–Trinajstić information content (AvgIpc) is 2.90. The molecule has 2 saturated heterocycles. The van der Waals surface area contributed by atoms with E-state index in [1.165, 1.54) is 0 Å². The Balaban J connectivity index is 1.77. The van der Waals surface area contributed by atoms with Crippen LogP contribution in [0.15, 0.2) is 10.5 Å². The van der Waals surface area contributed by atoms with Crippen LogP contribution in [0.5, 0.6) is 0 Å². The highest BCUT2D eigenvalue weighted by Crippen LogP contribution is 2.28. The second-order valence-corrected chi connectivity index (χ2v) is 5.22. The summed E-state index contributed by atoms with van der Waals surface area (Å²) in [6.45, 7) is 7.63. The molecule has 0 spiro atoms. The maximum atomic E-state index is 12.4. The van der Waals surface area contributed by atoms with Gasteiger partial charge in [0.2, 0.25) is 0 Å². The summed E-state index contributed by atoms with van der Waals surface area (Å²) in [6, 6.07) is 1.85. The monoisotopic (exact) mass is 234 g/mol. The zero-order chi connectivity index (χ0) is 12.0. The molecule has 92 valence electrons. The molecule has 1 aromatic rings. The number of hydrogen-bond donors (Lipinski definition) is 1. The second kappa shape index (κ2) is 3.88. The average molecular weight is 234 g/mol. The van der Waals surface area contributed by atoms with Gasteiger partial charge in [-0.1, -0.05) is 0 Å². The maximum Gasteiger partial charge on any atom is 0.257 e. The first-order valence-electron chi connectivity index (χ1n) is 6.22. The maximum absolute atomic E-state index is 12.4. The summed E-state index contributed by atoms with van der Waals surface area (Å²) >= 11 is 0. The van der Waals surface area contributed by atoms with E-state index in [9.17, 15) is 4.79 Å². The number of nitrogens with one attached hydrogen (secondary N) is 1. The van der Waals surface area contributed by atoms with Crippen LogP contribution in [0.4, 0.5) is 0 Å². The first-order valence-corrected chi connectivity index (χ1v) is 6.22. The highest BCUT2D eigenvalue weighted by molar-refractivity contribution is 5.95. The van der Waals surface area contributed by atoms with Gasteiger partial charge in [0, 0.05) is 26.2 Å². The van der Waals surface area contributed by atoms with E-state index >= 15 is 0 Å². The summed E-state index contributed by atoms with van der Waals surface area (Å²) in [5, 5.41) is 3.38. The molecular weight excluding hydrogens is 216 g/mol. The van der Waals surface area contributed by atoms with Gasteiger partial charge in [-0.3, -0.25) is 4.79 Å². The SMILES string of the molecule is Cc1cc(C(=O)N2C[C@H]3CNC[C@H]3C2)c(C)o1. The zero-order valence-electron chi connectivity index (χ0n) is 10.3. The first kappa shape index (κ1) is 10.8. The normalized spacial score (nSPS) is 27.5. The number of amides is 1. The summed E-state index contributed by atoms with van der Waals surface area (Å²) in [5.74, 6) is 2.97. The van der Waals surface area contributed by atoms with E-state index in [0.29, 0.717) is 11.8 Å². The first-order chi connectivity index (χ1) is 8.15. The van der Waals surface area contributed by atoms with Crippen molar-refractivity contribution in [1.82, 2.24) is 10.2 Å². The smallest absolute Gasteiger partial charge is 0.257 e. The van der Waals surface area contributed by atoms with Crippen LogP contribution < -0.4 is 5.32 Å². The topological polar surface area (TPSA) is 45.5 Å². The van der Waals surface area contributed by atoms with Gasteiger partial charge in [-0.15, -0.1) is 0 Å². The van der Waals surface area contributed by atoms with Gasteiger partial charge in [0.15, 0.2) is 0 Å². The minimum absolute atomic E-state index is 0.133. The number of carbonyl (C=O) groups excluding carboxylic acids is 1. The van der Waals surface area contributed by atoms with Gasteiger partial charge in [-0.2, -0.15) is 0 Å². The van der Waals surface area contributed by atoms with Crippen LogP contribution in [-0.2, 0) is 0 Å². The molecule has 4 nitrogen and oxygen atoms in total. The lowest BCUT2D eigenvalue weighted by Crippen LogP contribution is -2.31. The van der Waals surface area contributed by atoms with Crippen LogP contribution in [0.3, 0.4) is 0 Å². The van der Waals surface area contributed by atoms with Gasteiger partial charge in [0.1, 0.15) is 11.5 Å². The van der Waals surface area contributed by atoms with Gasteiger partial charge in [-0.25, -0.2) is 0 Å². The Bertz CT molecular complexity index is 440. The van der Waals surface area contributed by atoms with Crippen LogP contribution in [0.1, 0.15) is 21.9 Å². The van der Waals surface area contributed by atoms with E-state index < -0.39 is 0 Å². The lowest BCUT2D eigenvalue weighted by molar-refractivity contribution is 0.0780. The molecule has 0 radical (unpaired) electrons. The Morgan fingerprint density at radius 1 is 1.35 bits per heavy atom. The highest BCUT2D eigenvalue weighted by Gasteiger charge is 2.38. The Morgan fingerprint density at radius 2 is 2.00 bits per heavy atom. The molecule has 2 atom stereocenters. The van der Waals surface area contributed by atoms with Crippen LogP contribution in [0.25, 0.3) is 0 Å². The van der Waals surface area contributed by atoms with Crippen molar-refractivity contribution in [3.05, 3.63) is 23.2 Å². The van der Waals surface area contributed by atoms with Gasteiger partial charge in [0.05, 0.1) is 5.56 Å². The second-order valence-electron chi connectivity index (χ2n) is 5.22. The van der Waals surface area contributed by atoms with E-state index in [0.717, 1.165) is 43.3 Å². The number of hydrogen-bond acceptors (Lipinski definition) is 3. The predicted molar refractivity (Wildman–Crippen MR) is 63.9 cm³/mol. The molecule has 1 amide bonds. The van der Waals surface area contributed by atoms with Gasteiger partial charge >= 0.3 is 0 Å². The quantitative estimate of drug-likeness (QED) is 0.794. The van der Waals surface area contributed by atoms with Crippen molar-refractivity contribution in [3.8, 4) is 0 Å². The van der Waals surface area contributed by atoms with Crippen molar-refractivity contribution in [1.29, 1.82) is 0 Å². The number of nitrogens with zero attached hydrogens (tertiary/aromatic N) is 1. The minimum atomic E-state index is 0.133. The summed E-state index contributed by atoms with van der Waals surface area (Å²) in [5.41, 5.74) is 0.732. The molecule has 17 heavy (non-hydrogen) atoms. The predicted octanol–water partition coefficient (Wildman–Crippen LogP) is 1.19. The number of carbonyl (C=O) groups is 1. The van der Waals surface area contributed by atoms with Gasteiger partial charge < -0.3 is 14.6 Å². The molecular formula is C13H18N2O2. The Labute approximate surface area is 101 Å².